The first kappa shape index (κ1) is 19.4. The van der Waals surface area contributed by atoms with Crippen LogP contribution in [0.25, 0.3) is 26.6 Å². The van der Waals surface area contributed by atoms with Crippen molar-refractivity contribution in [3.05, 3.63) is 66.0 Å². The Labute approximate surface area is 184 Å². The highest BCUT2D eigenvalue weighted by atomic mass is 32.2. The first-order chi connectivity index (χ1) is 14.5. The maximum Gasteiger partial charge on any atom is 0.238 e. The second kappa shape index (κ2) is 7.60. The van der Waals surface area contributed by atoms with Crippen molar-refractivity contribution in [3.8, 4) is 16.4 Å². The molecule has 11 heteroatoms. The molecule has 0 fully saturated rings. The molecule has 0 aliphatic heterocycles. The Morgan fingerprint density at radius 3 is 2.47 bits per heavy atom. The summed E-state index contributed by atoms with van der Waals surface area (Å²) in [6, 6.07) is 18.2. The number of hydrogen-bond donors (Lipinski definition) is 1. The number of primary sulfonamides is 1. The molecule has 3 aromatic heterocycles. The first-order valence-electron chi connectivity index (χ1n) is 8.65. The lowest BCUT2D eigenvalue weighted by Crippen LogP contribution is -2.12. The molecule has 150 valence electrons. The van der Waals surface area contributed by atoms with E-state index in [1.165, 1.54) is 23.9 Å². The van der Waals surface area contributed by atoms with E-state index in [0.29, 0.717) is 11.0 Å². The van der Waals surface area contributed by atoms with Crippen LogP contribution in [0.2, 0.25) is 0 Å². The molecule has 3 heterocycles. The molecule has 0 aliphatic rings. The number of aromatic nitrogens is 4. The lowest BCUT2D eigenvalue weighted by atomic mass is 10.3. The van der Waals surface area contributed by atoms with E-state index < -0.39 is 10.0 Å². The number of benzene rings is 2. The van der Waals surface area contributed by atoms with Gasteiger partial charge in [-0.2, -0.15) is 0 Å². The molecule has 0 saturated heterocycles. The highest BCUT2D eigenvalue weighted by Gasteiger charge is 2.19. The second-order valence-electron chi connectivity index (χ2n) is 6.21. The van der Waals surface area contributed by atoms with Crippen molar-refractivity contribution < 1.29 is 8.42 Å². The minimum atomic E-state index is -3.77. The van der Waals surface area contributed by atoms with Gasteiger partial charge in [0.05, 0.1) is 20.0 Å². The van der Waals surface area contributed by atoms with Gasteiger partial charge >= 0.3 is 0 Å². The fraction of sp³-hybridized carbons (Fsp3) is 0. The zero-order chi connectivity index (χ0) is 20.7. The van der Waals surface area contributed by atoms with Crippen LogP contribution in [0.4, 0.5) is 0 Å². The first-order valence-corrected chi connectivity index (χ1v) is 12.7. The number of para-hydroxylation sites is 1. The van der Waals surface area contributed by atoms with Gasteiger partial charge in [-0.15, -0.1) is 32.9 Å². The summed E-state index contributed by atoms with van der Waals surface area (Å²) in [7, 11) is -3.77. The number of hydrogen-bond acceptors (Lipinski definition) is 8. The third-order valence-corrected chi connectivity index (χ3v) is 8.09. The van der Waals surface area contributed by atoms with Crippen molar-refractivity contribution in [1.29, 1.82) is 0 Å². The Morgan fingerprint density at radius 2 is 1.77 bits per heavy atom. The van der Waals surface area contributed by atoms with E-state index in [-0.39, 0.29) is 4.90 Å². The van der Waals surface area contributed by atoms with Gasteiger partial charge in [0.25, 0.3) is 0 Å². The van der Waals surface area contributed by atoms with Crippen molar-refractivity contribution in [2.75, 3.05) is 0 Å². The Kier molecular flexibility index (Phi) is 4.91. The average Bonchev–Trinajstić information content (AvgIpc) is 3.46. The molecule has 0 bridgehead atoms. The van der Waals surface area contributed by atoms with Gasteiger partial charge in [-0.25, -0.2) is 18.5 Å². The molecule has 0 unspecified atom stereocenters. The predicted octanol–water partition coefficient (Wildman–Crippen LogP) is 4.40. The summed E-state index contributed by atoms with van der Waals surface area (Å²) in [6.07, 6.45) is 0. The molecular formula is C19H13N5O2S4. The van der Waals surface area contributed by atoms with Gasteiger partial charge in [0.1, 0.15) is 0 Å². The summed E-state index contributed by atoms with van der Waals surface area (Å²) in [5, 5.41) is 16.6. The van der Waals surface area contributed by atoms with Crippen LogP contribution in [0.3, 0.4) is 0 Å². The number of thiophene rings is 1. The van der Waals surface area contributed by atoms with E-state index in [1.54, 1.807) is 34.8 Å². The number of nitrogens with two attached hydrogens (primary N) is 1. The molecule has 2 N–H and O–H groups in total. The predicted molar refractivity (Wildman–Crippen MR) is 120 cm³/mol. The maximum absolute atomic E-state index is 11.6. The highest BCUT2D eigenvalue weighted by Crippen LogP contribution is 2.37. The van der Waals surface area contributed by atoms with Crippen molar-refractivity contribution in [3.63, 3.8) is 0 Å². The standard InChI is InChI=1S/C19H13N5O2S4/c20-30(25,26)13-9-7-12(8-10-13)24-17(16-6-3-11-27-16)22-23-18(24)29-19-21-14-4-1-2-5-15(14)28-19/h1-11H,(H2,20,25,26). The van der Waals surface area contributed by atoms with Crippen LogP contribution in [-0.4, -0.2) is 28.2 Å². The molecule has 0 saturated carbocycles. The van der Waals surface area contributed by atoms with Crippen LogP contribution in [0, 0.1) is 0 Å². The van der Waals surface area contributed by atoms with E-state index in [9.17, 15) is 8.42 Å². The molecule has 0 atom stereocenters. The smallest absolute Gasteiger partial charge is 0.238 e. The largest absolute Gasteiger partial charge is 0.269 e. The van der Waals surface area contributed by atoms with Crippen molar-refractivity contribution in [1.82, 2.24) is 19.7 Å². The summed E-state index contributed by atoms with van der Waals surface area (Å²) >= 11 is 4.56. The molecule has 5 rings (SSSR count). The van der Waals surface area contributed by atoms with E-state index in [4.69, 9.17) is 5.14 Å². The summed E-state index contributed by atoms with van der Waals surface area (Å²) < 4.78 is 27.1. The Balaban J connectivity index is 1.61. The van der Waals surface area contributed by atoms with Gasteiger partial charge < -0.3 is 0 Å². The summed E-state index contributed by atoms with van der Waals surface area (Å²) in [5.41, 5.74) is 1.67. The molecule has 2 aromatic carbocycles. The van der Waals surface area contributed by atoms with Gasteiger partial charge in [0, 0.05) is 5.69 Å². The van der Waals surface area contributed by atoms with Crippen LogP contribution in [-0.2, 0) is 10.0 Å². The Morgan fingerprint density at radius 1 is 0.967 bits per heavy atom. The maximum atomic E-state index is 11.6. The molecule has 0 amide bonds. The summed E-state index contributed by atoms with van der Waals surface area (Å²) in [6.45, 7) is 0. The lowest BCUT2D eigenvalue weighted by Gasteiger charge is -2.09. The van der Waals surface area contributed by atoms with Gasteiger partial charge in [0.15, 0.2) is 10.2 Å². The number of sulfonamides is 1. The van der Waals surface area contributed by atoms with Crippen molar-refractivity contribution in [2.45, 2.75) is 14.4 Å². The van der Waals surface area contributed by atoms with Gasteiger partial charge in [-0.3, -0.25) is 4.57 Å². The van der Waals surface area contributed by atoms with Crippen LogP contribution >= 0.6 is 34.4 Å². The molecule has 0 radical (unpaired) electrons. The minimum Gasteiger partial charge on any atom is -0.269 e. The highest BCUT2D eigenvalue weighted by molar-refractivity contribution is 8.01. The average molecular weight is 472 g/mol. The van der Waals surface area contributed by atoms with Crippen LogP contribution < -0.4 is 5.14 Å². The van der Waals surface area contributed by atoms with Crippen molar-refractivity contribution >= 4 is 54.7 Å². The van der Waals surface area contributed by atoms with E-state index >= 15 is 0 Å². The fourth-order valence-electron chi connectivity index (χ4n) is 2.89. The third-order valence-electron chi connectivity index (χ3n) is 4.25. The van der Waals surface area contributed by atoms with Gasteiger partial charge in [0.2, 0.25) is 15.2 Å². The molecule has 7 nitrogen and oxygen atoms in total. The summed E-state index contributed by atoms with van der Waals surface area (Å²) in [5.74, 6) is 0.678. The minimum absolute atomic E-state index is 0.0531. The zero-order valence-corrected chi connectivity index (χ0v) is 18.4. The molecule has 5 aromatic rings. The molecular weight excluding hydrogens is 459 g/mol. The molecule has 0 aliphatic carbocycles. The Hall–Kier alpha value is -2.57. The fourth-order valence-corrected chi connectivity index (χ4v) is 6.13. The number of thiazole rings is 1. The van der Waals surface area contributed by atoms with Crippen molar-refractivity contribution in [2.24, 2.45) is 5.14 Å². The molecule has 30 heavy (non-hydrogen) atoms. The SMILES string of the molecule is NS(=O)(=O)c1ccc(-n2c(Sc3nc4ccccc4s3)nnc2-c2cccs2)cc1. The topological polar surface area (TPSA) is 104 Å². The van der Waals surface area contributed by atoms with Gasteiger partial charge in [-0.05, 0) is 59.6 Å². The third kappa shape index (κ3) is 3.66. The summed E-state index contributed by atoms with van der Waals surface area (Å²) in [4.78, 5) is 5.67. The Bertz CT molecular complexity index is 1410. The normalized spacial score (nSPS) is 11.9. The number of rotatable bonds is 5. The molecule has 0 spiro atoms. The number of fused-ring (bicyclic) bond motifs is 1. The lowest BCUT2D eigenvalue weighted by molar-refractivity contribution is 0.598. The van der Waals surface area contributed by atoms with Crippen LogP contribution in [0.1, 0.15) is 0 Å². The van der Waals surface area contributed by atoms with E-state index in [0.717, 1.165) is 25.1 Å². The van der Waals surface area contributed by atoms with E-state index in [2.05, 4.69) is 15.2 Å². The van der Waals surface area contributed by atoms with Crippen LogP contribution in [0.5, 0.6) is 0 Å². The quantitative estimate of drug-likeness (QED) is 0.407. The van der Waals surface area contributed by atoms with Gasteiger partial charge in [-0.1, -0.05) is 18.2 Å². The second-order valence-corrected chi connectivity index (χ2v) is 11.0. The number of nitrogens with zero attached hydrogens (tertiary/aromatic N) is 4. The van der Waals surface area contributed by atoms with Crippen LogP contribution in [0.15, 0.2) is 80.4 Å². The zero-order valence-electron chi connectivity index (χ0n) is 15.2. The van der Waals surface area contributed by atoms with E-state index in [1.807, 2.05) is 46.3 Å². The monoisotopic (exact) mass is 471 g/mol.